The number of carbonyl (C=O) groups is 2. The number of hydrogen-bond donors (Lipinski definition) is 4. The molecule has 0 bridgehead atoms. The van der Waals surface area contributed by atoms with Crippen molar-refractivity contribution in [1.82, 2.24) is 25.4 Å². The van der Waals surface area contributed by atoms with E-state index in [1.54, 1.807) is 30.6 Å². The second-order valence-electron chi connectivity index (χ2n) is 8.38. The van der Waals surface area contributed by atoms with Crippen molar-refractivity contribution >= 4 is 33.6 Å². The Hall–Kier alpha value is -4.66. The van der Waals surface area contributed by atoms with Gasteiger partial charge in [0.25, 0.3) is 5.91 Å². The number of carbonyl (C=O) groups excluding carboxylic acids is 2. The number of urea groups is 1. The number of aromatic hydroxyl groups is 1. The van der Waals surface area contributed by atoms with Gasteiger partial charge in [0, 0.05) is 22.4 Å². The van der Waals surface area contributed by atoms with Crippen molar-refractivity contribution in [3.05, 3.63) is 84.4 Å². The monoisotopic (exact) mass is 455 g/mol. The normalized spacial score (nSPS) is 17.9. The molecule has 0 aliphatic carbocycles. The first-order chi connectivity index (χ1) is 16.4. The minimum absolute atomic E-state index is 0.0772. The molecule has 9 heteroatoms. The average Bonchev–Trinajstić information content (AvgIpc) is 3.50. The maximum atomic E-state index is 13.7. The molecule has 3 heterocycles. The Bertz CT molecular complexity index is 1600. The highest BCUT2D eigenvalue weighted by molar-refractivity contribution is 6.07. The summed E-state index contributed by atoms with van der Waals surface area (Å²) < 4.78 is 15.1. The number of halogens is 1. The van der Waals surface area contributed by atoms with E-state index in [1.165, 1.54) is 16.7 Å². The number of rotatable bonds is 4. The Balaban J connectivity index is 1.41. The quantitative estimate of drug-likeness (QED) is 0.309. The molecular formula is C25H18FN5O3. The van der Waals surface area contributed by atoms with Crippen LogP contribution in [0.25, 0.3) is 32.8 Å². The molecule has 34 heavy (non-hydrogen) atoms. The largest absolute Gasteiger partial charge is 0.494 e. The fraction of sp³-hybridized carbons (Fsp3) is 0.0800. The van der Waals surface area contributed by atoms with E-state index in [0.29, 0.717) is 16.3 Å². The molecule has 0 radical (unpaired) electrons. The highest BCUT2D eigenvalue weighted by Crippen LogP contribution is 2.34. The first-order valence-electron chi connectivity index (χ1n) is 10.6. The fourth-order valence-corrected chi connectivity index (χ4v) is 4.56. The number of imide groups is 1. The summed E-state index contributed by atoms with van der Waals surface area (Å²) in [5.74, 6) is -1.20. The van der Waals surface area contributed by atoms with E-state index in [9.17, 15) is 19.1 Å². The molecule has 168 valence electrons. The number of aromatic amines is 1. The van der Waals surface area contributed by atoms with Gasteiger partial charge in [0.2, 0.25) is 0 Å². The minimum Gasteiger partial charge on any atom is -0.494 e. The van der Waals surface area contributed by atoms with Crippen LogP contribution >= 0.6 is 0 Å². The van der Waals surface area contributed by atoms with Crippen molar-refractivity contribution < 1.29 is 19.1 Å². The lowest BCUT2D eigenvalue weighted by atomic mass is 9.88. The summed E-state index contributed by atoms with van der Waals surface area (Å²) in [7, 11) is 0. The molecule has 3 amide bonds. The summed E-state index contributed by atoms with van der Waals surface area (Å²) >= 11 is 0. The molecule has 4 N–H and O–H groups in total. The van der Waals surface area contributed by atoms with Gasteiger partial charge in [-0.1, -0.05) is 36.4 Å². The SMILES string of the molecule is O=C1NC(=O)C(Cn2cc3ccc(F)cc3c2O)(c2ccc(-c3ccc4cn[nH]c4c3)cc2)N1. The summed E-state index contributed by atoms with van der Waals surface area (Å²) in [6.07, 6.45) is 3.37. The second-order valence-corrected chi connectivity index (χ2v) is 8.38. The summed E-state index contributed by atoms with van der Waals surface area (Å²) in [4.78, 5) is 25.2. The molecule has 5 aromatic rings. The first-order valence-corrected chi connectivity index (χ1v) is 10.6. The highest BCUT2D eigenvalue weighted by atomic mass is 19.1. The standard InChI is InChI=1S/C25H18FN5O3/c26-19-8-5-17-12-31(22(32)20(17)10-19)13-25(23(33)28-24(34)29-25)18-6-3-14(4-7-18)15-1-2-16-11-27-30-21(16)9-15/h1-12,32H,13H2,(H,27,30)(H2,28,29,33,34). The molecule has 1 aliphatic heterocycles. The fourth-order valence-electron chi connectivity index (χ4n) is 4.56. The second kappa shape index (κ2) is 7.17. The number of amides is 3. The Morgan fingerprint density at radius 2 is 1.74 bits per heavy atom. The molecule has 8 nitrogen and oxygen atoms in total. The number of nitrogens with zero attached hydrogens (tertiary/aromatic N) is 2. The van der Waals surface area contributed by atoms with Gasteiger partial charge in [-0.05, 0) is 41.0 Å². The van der Waals surface area contributed by atoms with Gasteiger partial charge < -0.3 is 15.0 Å². The zero-order valence-electron chi connectivity index (χ0n) is 17.7. The van der Waals surface area contributed by atoms with Gasteiger partial charge in [0.05, 0.1) is 18.3 Å². The van der Waals surface area contributed by atoms with E-state index in [-0.39, 0.29) is 12.4 Å². The minimum atomic E-state index is -1.45. The molecular weight excluding hydrogens is 437 g/mol. The van der Waals surface area contributed by atoms with Gasteiger partial charge in [-0.15, -0.1) is 0 Å². The third-order valence-electron chi connectivity index (χ3n) is 6.33. The topological polar surface area (TPSA) is 112 Å². The number of hydrogen-bond acceptors (Lipinski definition) is 4. The maximum Gasteiger partial charge on any atom is 0.322 e. The Kier molecular flexibility index (Phi) is 4.22. The Labute approximate surface area is 192 Å². The van der Waals surface area contributed by atoms with Crippen LogP contribution in [0, 0.1) is 5.82 Å². The molecule has 3 aromatic carbocycles. The van der Waals surface area contributed by atoms with Crippen LogP contribution in [0.3, 0.4) is 0 Å². The van der Waals surface area contributed by atoms with Crippen molar-refractivity contribution in [3.63, 3.8) is 0 Å². The lowest BCUT2D eigenvalue weighted by Crippen LogP contribution is -2.47. The van der Waals surface area contributed by atoms with Crippen LogP contribution in [-0.2, 0) is 16.9 Å². The molecule has 6 rings (SSSR count). The van der Waals surface area contributed by atoms with Crippen molar-refractivity contribution in [2.45, 2.75) is 12.1 Å². The van der Waals surface area contributed by atoms with Crippen LogP contribution in [0.5, 0.6) is 5.88 Å². The predicted octanol–water partition coefficient (Wildman–Crippen LogP) is 3.76. The third-order valence-corrected chi connectivity index (χ3v) is 6.33. The Morgan fingerprint density at radius 1 is 0.971 bits per heavy atom. The third kappa shape index (κ3) is 3.01. The summed E-state index contributed by atoms with van der Waals surface area (Å²) in [6, 6.07) is 16.7. The van der Waals surface area contributed by atoms with Crippen molar-refractivity contribution in [2.75, 3.05) is 0 Å². The van der Waals surface area contributed by atoms with Crippen molar-refractivity contribution in [3.8, 4) is 17.0 Å². The van der Waals surface area contributed by atoms with E-state index >= 15 is 0 Å². The molecule has 1 saturated heterocycles. The van der Waals surface area contributed by atoms with E-state index in [0.717, 1.165) is 22.0 Å². The number of nitrogens with one attached hydrogen (secondary N) is 3. The van der Waals surface area contributed by atoms with Crippen LogP contribution in [0.1, 0.15) is 5.56 Å². The Morgan fingerprint density at radius 3 is 2.50 bits per heavy atom. The summed E-state index contributed by atoms with van der Waals surface area (Å²) in [5.41, 5.74) is 1.89. The average molecular weight is 455 g/mol. The molecule has 0 saturated carbocycles. The van der Waals surface area contributed by atoms with Gasteiger partial charge in [0.1, 0.15) is 5.82 Å². The zero-order chi connectivity index (χ0) is 23.4. The van der Waals surface area contributed by atoms with Crippen LogP contribution in [0.4, 0.5) is 9.18 Å². The number of benzene rings is 3. The lowest BCUT2D eigenvalue weighted by molar-refractivity contribution is -0.124. The number of H-pyrrole nitrogens is 1. The summed E-state index contributed by atoms with van der Waals surface area (Å²) in [5, 5.41) is 24.6. The number of fused-ring (bicyclic) bond motifs is 2. The molecule has 1 fully saturated rings. The van der Waals surface area contributed by atoms with Gasteiger partial charge >= 0.3 is 6.03 Å². The van der Waals surface area contributed by atoms with Crippen LogP contribution in [0.2, 0.25) is 0 Å². The van der Waals surface area contributed by atoms with E-state index in [1.807, 2.05) is 30.3 Å². The van der Waals surface area contributed by atoms with Gasteiger partial charge in [-0.2, -0.15) is 5.10 Å². The maximum absolute atomic E-state index is 13.7. The van der Waals surface area contributed by atoms with Gasteiger partial charge in [-0.3, -0.25) is 15.2 Å². The van der Waals surface area contributed by atoms with Crippen LogP contribution in [0.15, 0.2) is 73.1 Å². The van der Waals surface area contributed by atoms with Gasteiger partial charge in [0.15, 0.2) is 11.4 Å². The summed E-state index contributed by atoms with van der Waals surface area (Å²) in [6.45, 7) is -0.0772. The molecule has 2 aromatic heterocycles. The van der Waals surface area contributed by atoms with Crippen molar-refractivity contribution in [2.24, 2.45) is 0 Å². The number of aromatic nitrogens is 3. The predicted molar refractivity (Wildman–Crippen MR) is 123 cm³/mol. The van der Waals surface area contributed by atoms with E-state index in [4.69, 9.17) is 0 Å². The van der Waals surface area contributed by atoms with E-state index in [2.05, 4.69) is 20.8 Å². The molecule has 1 unspecified atom stereocenters. The van der Waals surface area contributed by atoms with Crippen molar-refractivity contribution in [1.29, 1.82) is 0 Å². The van der Waals surface area contributed by atoms with Crippen LogP contribution in [-0.4, -0.2) is 31.8 Å². The smallest absolute Gasteiger partial charge is 0.322 e. The highest BCUT2D eigenvalue weighted by Gasteiger charge is 2.48. The lowest BCUT2D eigenvalue weighted by Gasteiger charge is -2.27. The zero-order valence-corrected chi connectivity index (χ0v) is 17.7. The molecule has 1 aliphatic rings. The molecule has 0 spiro atoms. The molecule has 1 atom stereocenters. The van der Waals surface area contributed by atoms with E-state index < -0.39 is 23.3 Å². The van der Waals surface area contributed by atoms with Crippen LogP contribution < -0.4 is 10.6 Å². The van der Waals surface area contributed by atoms with Gasteiger partial charge in [-0.25, -0.2) is 9.18 Å². The first kappa shape index (κ1) is 20.0.